The van der Waals surface area contributed by atoms with Crippen molar-refractivity contribution >= 4 is 34.4 Å². The Morgan fingerprint density at radius 2 is 1.80 bits per heavy atom. The van der Waals surface area contributed by atoms with E-state index in [1.54, 1.807) is 6.08 Å². The largest absolute Gasteiger partial charge is 0.340 e. The fourth-order valence-electron chi connectivity index (χ4n) is 2.82. The van der Waals surface area contributed by atoms with Gasteiger partial charge in [0.25, 0.3) is 0 Å². The van der Waals surface area contributed by atoms with Gasteiger partial charge in [-0.05, 0) is 30.5 Å². The fraction of sp³-hybridized carbons (Fsp3) is 0.217. The number of hydrogen-bond acceptors (Lipinski definition) is 5. The Morgan fingerprint density at radius 3 is 2.50 bits per heavy atom. The second kappa shape index (κ2) is 9.93. The fourth-order valence-corrected chi connectivity index (χ4v) is 3.57. The van der Waals surface area contributed by atoms with Gasteiger partial charge in [-0.3, -0.25) is 14.9 Å². The maximum absolute atomic E-state index is 12.8. The van der Waals surface area contributed by atoms with Crippen LogP contribution in [0.1, 0.15) is 25.0 Å². The smallest absolute Gasteiger partial charge is 0.249 e. The molecule has 1 atom stereocenters. The van der Waals surface area contributed by atoms with Crippen molar-refractivity contribution in [2.45, 2.75) is 26.8 Å². The van der Waals surface area contributed by atoms with Crippen LogP contribution in [0.15, 0.2) is 60.7 Å². The number of nitrogens with one attached hydrogen (secondary N) is 2. The number of hydrogen-bond donors (Lipinski definition) is 2. The molecule has 3 aromatic rings. The average Bonchev–Trinajstić information content (AvgIpc) is 3.19. The SMILES string of the molecule is Cc1cccc(-c2nnc(NC(=O)[C@H](NC(=O)/C=C/c3ccccc3)C(C)C)s2)c1. The third-order valence-corrected chi connectivity index (χ3v) is 5.28. The molecule has 0 radical (unpaired) electrons. The van der Waals surface area contributed by atoms with Crippen LogP contribution in [0.25, 0.3) is 16.6 Å². The first kappa shape index (κ1) is 21.4. The third-order valence-electron chi connectivity index (χ3n) is 4.39. The van der Waals surface area contributed by atoms with Gasteiger partial charge in [0, 0.05) is 11.6 Å². The number of aromatic nitrogens is 2. The molecular weight excluding hydrogens is 396 g/mol. The highest BCUT2D eigenvalue weighted by Gasteiger charge is 2.24. The summed E-state index contributed by atoms with van der Waals surface area (Å²) in [6, 6.07) is 16.8. The zero-order valence-electron chi connectivity index (χ0n) is 17.1. The van der Waals surface area contributed by atoms with Gasteiger partial charge >= 0.3 is 0 Å². The summed E-state index contributed by atoms with van der Waals surface area (Å²) in [5.41, 5.74) is 2.99. The van der Waals surface area contributed by atoms with E-state index in [-0.39, 0.29) is 17.7 Å². The van der Waals surface area contributed by atoms with Crippen LogP contribution < -0.4 is 10.6 Å². The highest BCUT2D eigenvalue weighted by atomic mass is 32.1. The van der Waals surface area contributed by atoms with Crippen molar-refractivity contribution in [1.29, 1.82) is 0 Å². The van der Waals surface area contributed by atoms with Gasteiger partial charge in [0.05, 0.1) is 0 Å². The van der Waals surface area contributed by atoms with Crippen LogP contribution in [0.5, 0.6) is 0 Å². The molecule has 0 aliphatic rings. The molecule has 30 heavy (non-hydrogen) atoms. The van der Waals surface area contributed by atoms with E-state index in [2.05, 4.69) is 20.8 Å². The van der Waals surface area contributed by atoms with Crippen molar-refractivity contribution in [3.8, 4) is 10.6 Å². The average molecular weight is 421 g/mol. The van der Waals surface area contributed by atoms with Crippen molar-refractivity contribution in [2.75, 3.05) is 5.32 Å². The molecule has 0 unspecified atom stereocenters. The molecule has 6 nitrogen and oxygen atoms in total. The van der Waals surface area contributed by atoms with Gasteiger partial charge in [-0.25, -0.2) is 0 Å². The summed E-state index contributed by atoms with van der Waals surface area (Å²) in [6.07, 6.45) is 3.14. The number of aryl methyl sites for hydroxylation is 1. The molecule has 0 saturated carbocycles. The van der Waals surface area contributed by atoms with Gasteiger partial charge in [0.2, 0.25) is 16.9 Å². The first-order valence-corrected chi connectivity index (χ1v) is 10.5. The topological polar surface area (TPSA) is 84.0 Å². The quantitative estimate of drug-likeness (QED) is 0.558. The Balaban J connectivity index is 1.64. The van der Waals surface area contributed by atoms with Crippen molar-refractivity contribution in [2.24, 2.45) is 5.92 Å². The van der Waals surface area contributed by atoms with Gasteiger partial charge in [0.1, 0.15) is 11.0 Å². The lowest BCUT2D eigenvalue weighted by molar-refractivity contribution is -0.124. The van der Waals surface area contributed by atoms with E-state index >= 15 is 0 Å². The summed E-state index contributed by atoms with van der Waals surface area (Å²) in [7, 11) is 0. The summed E-state index contributed by atoms with van der Waals surface area (Å²) in [5, 5.41) is 14.9. The molecule has 0 fully saturated rings. The Hall–Kier alpha value is -3.32. The van der Waals surface area contributed by atoms with Gasteiger partial charge < -0.3 is 5.32 Å². The maximum atomic E-state index is 12.8. The Labute approximate surface area is 180 Å². The van der Waals surface area contributed by atoms with Crippen molar-refractivity contribution < 1.29 is 9.59 Å². The van der Waals surface area contributed by atoms with Crippen molar-refractivity contribution in [3.63, 3.8) is 0 Å². The zero-order valence-corrected chi connectivity index (χ0v) is 17.9. The van der Waals surface area contributed by atoms with Crippen LogP contribution in [0.3, 0.4) is 0 Å². The molecule has 7 heteroatoms. The molecule has 0 bridgehead atoms. The highest BCUT2D eigenvalue weighted by Crippen LogP contribution is 2.27. The molecule has 2 aromatic carbocycles. The predicted molar refractivity (Wildman–Crippen MR) is 121 cm³/mol. The minimum Gasteiger partial charge on any atom is -0.340 e. The van der Waals surface area contributed by atoms with Crippen LogP contribution in [0.4, 0.5) is 5.13 Å². The molecule has 0 saturated heterocycles. The lowest BCUT2D eigenvalue weighted by Gasteiger charge is -2.20. The lowest BCUT2D eigenvalue weighted by Crippen LogP contribution is -2.46. The van der Waals surface area contributed by atoms with Gasteiger partial charge in [-0.2, -0.15) is 0 Å². The predicted octanol–water partition coefficient (Wildman–Crippen LogP) is 4.31. The molecule has 2 N–H and O–H groups in total. The Kier molecular flexibility index (Phi) is 7.08. The normalized spacial score (nSPS) is 12.1. The molecule has 1 heterocycles. The second-order valence-electron chi connectivity index (χ2n) is 7.25. The first-order chi connectivity index (χ1) is 14.4. The van der Waals surface area contributed by atoms with Crippen LogP contribution in [-0.2, 0) is 9.59 Å². The summed E-state index contributed by atoms with van der Waals surface area (Å²) < 4.78 is 0. The number of rotatable bonds is 7. The molecule has 154 valence electrons. The molecule has 2 amide bonds. The van der Waals surface area contributed by atoms with Crippen LogP contribution in [0.2, 0.25) is 0 Å². The van der Waals surface area contributed by atoms with E-state index in [4.69, 9.17) is 0 Å². The van der Waals surface area contributed by atoms with Crippen LogP contribution in [0, 0.1) is 12.8 Å². The number of amides is 2. The summed E-state index contributed by atoms with van der Waals surface area (Å²) in [4.78, 5) is 25.1. The van der Waals surface area contributed by atoms with Crippen LogP contribution in [-0.4, -0.2) is 28.1 Å². The number of benzene rings is 2. The monoisotopic (exact) mass is 420 g/mol. The van der Waals surface area contributed by atoms with Crippen molar-refractivity contribution in [3.05, 3.63) is 71.8 Å². The number of nitrogens with zero attached hydrogens (tertiary/aromatic N) is 2. The van der Waals surface area contributed by atoms with E-state index < -0.39 is 6.04 Å². The summed E-state index contributed by atoms with van der Waals surface area (Å²) in [6.45, 7) is 5.77. The standard InChI is InChI=1S/C23H24N4O2S/c1-15(2)20(24-19(28)13-12-17-9-5-4-6-10-17)21(29)25-23-27-26-22(30-23)18-11-7-8-16(3)14-18/h4-15,20H,1-3H3,(H,24,28)(H,25,27,29)/b13-12+/t20-/m1/s1. The first-order valence-electron chi connectivity index (χ1n) is 9.67. The minimum atomic E-state index is -0.691. The number of carbonyl (C=O) groups excluding carboxylic acids is 2. The third kappa shape index (κ3) is 5.84. The molecule has 0 aliphatic heterocycles. The van der Waals surface area contributed by atoms with E-state index in [1.165, 1.54) is 17.4 Å². The molecule has 0 aliphatic carbocycles. The molecule has 0 spiro atoms. The minimum absolute atomic E-state index is 0.0942. The van der Waals surface area contributed by atoms with E-state index in [1.807, 2.05) is 75.4 Å². The molecule has 1 aromatic heterocycles. The lowest BCUT2D eigenvalue weighted by atomic mass is 10.0. The van der Waals surface area contributed by atoms with Gasteiger partial charge in [0.15, 0.2) is 0 Å². The van der Waals surface area contributed by atoms with E-state index in [0.717, 1.165) is 21.7 Å². The zero-order chi connectivity index (χ0) is 21.5. The van der Waals surface area contributed by atoms with Gasteiger partial charge in [-0.1, -0.05) is 79.3 Å². The van der Waals surface area contributed by atoms with Crippen molar-refractivity contribution in [1.82, 2.24) is 15.5 Å². The van der Waals surface area contributed by atoms with E-state index in [0.29, 0.717) is 5.13 Å². The molecule has 3 rings (SSSR count). The highest BCUT2D eigenvalue weighted by molar-refractivity contribution is 7.18. The Morgan fingerprint density at radius 1 is 1.03 bits per heavy atom. The van der Waals surface area contributed by atoms with E-state index in [9.17, 15) is 9.59 Å². The molecular formula is C23H24N4O2S. The maximum Gasteiger partial charge on any atom is 0.249 e. The summed E-state index contributed by atoms with van der Waals surface area (Å²) in [5.74, 6) is -0.743. The second-order valence-corrected chi connectivity index (χ2v) is 8.22. The Bertz CT molecular complexity index is 1040. The number of anilines is 1. The van der Waals surface area contributed by atoms with Gasteiger partial charge in [-0.15, -0.1) is 10.2 Å². The number of carbonyl (C=O) groups is 2. The summed E-state index contributed by atoms with van der Waals surface area (Å²) >= 11 is 1.30. The van der Waals surface area contributed by atoms with Crippen LogP contribution >= 0.6 is 11.3 Å².